The molecule has 0 heterocycles. The fraction of sp³-hybridized carbons (Fsp3) is 0.955. The highest BCUT2D eigenvalue weighted by atomic mass is 16.7. The maximum absolute atomic E-state index is 11.2. The topological polar surface area (TPSA) is 146 Å². The van der Waals surface area contributed by atoms with Crippen molar-refractivity contribution >= 4 is 6.29 Å². The Morgan fingerprint density at radius 3 is 1.19 bits per heavy atom. The van der Waals surface area contributed by atoms with E-state index in [9.17, 15) is 35.1 Å². The molecule has 0 aromatic rings. The van der Waals surface area contributed by atoms with Crippen LogP contribution in [0.15, 0.2) is 0 Å². The fourth-order valence-electron chi connectivity index (χ4n) is 4.01. The molecular formula is C22H41N3O7. The molecule has 0 amide bonds. The molecule has 0 aliphatic carbocycles. The van der Waals surface area contributed by atoms with Crippen molar-refractivity contribution in [2.45, 2.75) is 134 Å². The van der Waals surface area contributed by atoms with Crippen molar-refractivity contribution in [2.75, 3.05) is 0 Å². The van der Waals surface area contributed by atoms with Crippen LogP contribution in [0, 0.1) is 30.3 Å². The molecule has 0 spiro atoms. The summed E-state index contributed by atoms with van der Waals surface area (Å²) in [6.07, 6.45) is 18.4. The van der Waals surface area contributed by atoms with Crippen molar-refractivity contribution in [3.05, 3.63) is 30.3 Å². The number of hydrogen-bond acceptors (Lipinski definition) is 7. The molecule has 0 fully saturated rings. The summed E-state index contributed by atoms with van der Waals surface area (Å²) in [5.41, 5.74) is -3.42. The molecule has 32 heavy (non-hydrogen) atoms. The number of unbranched alkanes of at least 4 members (excludes halogenated alkanes) is 16. The number of rotatable bonds is 23. The molecule has 186 valence electrons. The van der Waals surface area contributed by atoms with Gasteiger partial charge in [0.15, 0.2) is 0 Å². The van der Waals surface area contributed by atoms with E-state index in [4.69, 9.17) is 0 Å². The molecule has 0 aromatic carbocycles. The van der Waals surface area contributed by atoms with Crippen LogP contribution in [0.2, 0.25) is 0 Å². The molecule has 10 nitrogen and oxygen atoms in total. The molecule has 1 atom stereocenters. The van der Waals surface area contributed by atoms with Crippen LogP contribution in [0.5, 0.6) is 0 Å². The van der Waals surface area contributed by atoms with E-state index in [2.05, 4.69) is 6.92 Å². The average molecular weight is 460 g/mol. The van der Waals surface area contributed by atoms with Gasteiger partial charge in [-0.05, 0) is 6.42 Å². The van der Waals surface area contributed by atoms with Gasteiger partial charge in [-0.15, -0.1) is 0 Å². The van der Waals surface area contributed by atoms with Gasteiger partial charge < -0.3 is 0 Å². The van der Waals surface area contributed by atoms with Crippen molar-refractivity contribution in [3.63, 3.8) is 0 Å². The van der Waals surface area contributed by atoms with Crippen LogP contribution in [0.3, 0.4) is 0 Å². The van der Waals surface area contributed by atoms with Crippen molar-refractivity contribution in [1.29, 1.82) is 0 Å². The molecule has 0 bridgehead atoms. The van der Waals surface area contributed by atoms with Crippen molar-refractivity contribution in [1.82, 2.24) is 0 Å². The lowest BCUT2D eigenvalue weighted by Gasteiger charge is -2.15. The summed E-state index contributed by atoms with van der Waals surface area (Å²) in [6.45, 7) is 2.23. The van der Waals surface area contributed by atoms with Gasteiger partial charge in [0.2, 0.25) is 0 Å². The molecule has 0 rings (SSSR count). The highest BCUT2D eigenvalue weighted by molar-refractivity contribution is 5.60. The Kier molecular flexibility index (Phi) is 17.2. The molecule has 1 unspecified atom stereocenters. The standard InChI is InChI=1S/C22H41N3O7/c1-2-3-4-5-6-7-8-9-10-11-12-13-14-15-16-17-18-19-21(23(27)28)22(20-26,24(29)30)25(31)32/h20-21H,2-19H2,1H3. The summed E-state index contributed by atoms with van der Waals surface area (Å²) < 4.78 is 0. The summed E-state index contributed by atoms with van der Waals surface area (Å²) in [6, 6.07) is -2.17. The maximum atomic E-state index is 11.2. The smallest absolute Gasteiger partial charge is 0.287 e. The monoisotopic (exact) mass is 459 g/mol. The zero-order valence-corrected chi connectivity index (χ0v) is 19.6. The van der Waals surface area contributed by atoms with Crippen LogP contribution in [0.4, 0.5) is 0 Å². The number of aldehydes is 1. The predicted molar refractivity (Wildman–Crippen MR) is 122 cm³/mol. The number of carbonyl (C=O) groups is 1. The van der Waals surface area contributed by atoms with Gasteiger partial charge in [0.05, 0.1) is 0 Å². The van der Waals surface area contributed by atoms with Gasteiger partial charge in [-0.25, -0.2) is 0 Å². The molecule has 0 aromatic heterocycles. The third kappa shape index (κ3) is 11.5. The van der Waals surface area contributed by atoms with Crippen LogP contribution < -0.4 is 0 Å². The lowest BCUT2D eigenvalue weighted by atomic mass is 9.96. The predicted octanol–water partition coefficient (Wildman–Crippen LogP) is 6.12. The van der Waals surface area contributed by atoms with E-state index in [1.165, 1.54) is 70.6 Å². The number of nitrogens with zero attached hydrogens (tertiary/aromatic N) is 3. The Balaban J connectivity index is 3.82. The Labute approximate surface area is 191 Å². The van der Waals surface area contributed by atoms with E-state index >= 15 is 0 Å². The number of hydrogen-bond donors (Lipinski definition) is 0. The zero-order chi connectivity index (χ0) is 24.2. The van der Waals surface area contributed by atoms with Crippen LogP contribution >= 0.6 is 0 Å². The van der Waals surface area contributed by atoms with Crippen LogP contribution in [-0.2, 0) is 4.79 Å². The van der Waals surface area contributed by atoms with Crippen LogP contribution in [0.1, 0.15) is 122 Å². The first-order valence-corrected chi connectivity index (χ1v) is 12.2. The minimum Gasteiger partial charge on any atom is -0.287 e. The molecule has 0 aliphatic heterocycles. The van der Waals surface area contributed by atoms with Gasteiger partial charge >= 0.3 is 11.7 Å². The normalized spacial score (nSPS) is 12.4. The van der Waals surface area contributed by atoms with Crippen molar-refractivity contribution < 1.29 is 19.6 Å². The lowest BCUT2D eigenvalue weighted by molar-refractivity contribution is -0.812. The van der Waals surface area contributed by atoms with E-state index in [1.54, 1.807) is 0 Å². The van der Waals surface area contributed by atoms with E-state index in [0.717, 1.165) is 25.7 Å². The molecule has 0 N–H and O–H groups in total. The fourth-order valence-corrected chi connectivity index (χ4v) is 4.01. The van der Waals surface area contributed by atoms with Crippen molar-refractivity contribution in [2.24, 2.45) is 0 Å². The highest BCUT2D eigenvalue weighted by Gasteiger charge is 2.70. The van der Waals surface area contributed by atoms with Gasteiger partial charge in [-0.2, -0.15) is 0 Å². The SMILES string of the molecule is CCCCCCCCCCCCCCCCCCCC([N+](=O)[O-])C(C=O)([N+](=O)[O-])[N+](=O)[O-]. The average Bonchev–Trinajstić information content (AvgIpc) is 2.74. The molecular weight excluding hydrogens is 418 g/mol. The highest BCUT2D eigenvalue weighted by Crippen LogP contribution is 2.23. The van der Waals surface area contributed by atoms with Gasteiger partial charge in [0.25, 0.3) is 6.29 Å². The molecule has 10 heteroatoms. The van der Waals surface area contributed by atoms with E-state index in [0.29, 0.717) is 6.42 Å². The summed E-state index contributed by atoms with van der Waals surface area (Å²) in [7, 11) is 0. The minimum atomic E-state index is -3.42. The van der Waals surface area contributed by atoms with Gasteiger partial charge in [-0.1, -0.05) is 110 Å². The number of carbonyl (C=O) groups excluding carboxylic acids is 1. The lowest BCUT2D eigenvalue weighted by Crippen LogP contribution is -2.60. The first-order valence-electron chi connectivity index (χ1n) is 12.2. The summed E-state index contributed by atoms with van der Waals surface area (Å²) in [4.78, 5) is 40.3. The van der Waals surface area contributed by atoms with E-state index in [-0.39, 0.29) is 12.8 Å². The third-order valence-corrected chi connectivity index (χ3v) is 6.08. The summed E-state index contributed by atoms with van der Waals surface area (Å²) >= 11 is 0. The molecule has 0 radical (unpaired) electrons. The maximum Gasteiger partial charge on any atom is 0.577 e. The second kappa shape index (κ2) is 18.4. The Hall–Kier alpha value is -2.13. The van der Waals surface area contributed by atoms with E-state index in [1.807, 2.05) is 0 Å². The van der Waals surface area contributed by atoms with Gasteiger partial charge in [0, 0.05) is 11.3 Å². The summed E-state index contributed by atoms with van der Waals surface area (Å²) in [5.74, 6) is 0. The van der Waals surface area contributed by atoms with Crippen molar-refractivity contribution in [3.8, 4) is 0 Å². The Morgan fingerprint density at radius 1 is 0.625 bits per heavy atom. The first-order chi connectivity index (χ1) is 15.3. The van der Waals surface area contributed by atoms with E-state index < -0.39 is 32.8 Å². The minimum absolute atomic E-state index is 0.237. The molecule has 0 aliphatic rings. The van der Waals surface area contributed by atoms with Gasteiger partial charge in [0.1, 0.15) is 9.85 Å². The third-order valence-electron chi connectivity index (χ3n) is 6.08. The summed E-state index contributed by atoms with van der Waals surface area (Å²) in [5, 5.41) is 33.3. The number of nitro groups is 3. The Morgan fingerprint density at radius 2 is 0.938 bits per heavy atom. The zero-order valence-electron chi connectivity index (χ0n) is 19.6. The van der Waals surface area contributed by atoms with Crippen LogP contribution in [-0.4, -0.2) is 32.8 Å². The molecule has 0 saturated carbocycles. The second-order valence-electron chi connectivity index (χ2n) is 8.66. The van der Waals surface area contributed by atoms with Gasteiger partial charge in [-0.3, -0.25) is 35.1 Å². The van der Waals surface area contributed by atoms with Crippen LogP contribution in [0.25, 0.3) is 0 Å². The largest absolute Gasteiger partial charge is 0.577 e. The second-order valence-corrected chi connectivity index (χ2v) is 8.66. The first kappa shape index (κ1) is 29.9. The Bertz CT molecular complexity index is 544. The molecule has 0 saturated heterocycles. The quantitative estimate of drug-likeness (QED) is 0.0587.